The Balaban J connectivity index is 1.58. The SMILES string of the molecule is CC[C@H](C)[C@@H]1NC(=O)[C@H](Cc2ccc(O)cc2)NC(=O)[C@@H](N)CCC(=O)NC[C@@H](C(=O)N2CCC[C@H]2C(=O)NC(C)(C)C(=O)NCC(=O)N[C@@H](CO[C@@H]2O[C@H](CO)[C@@H](O)[C@H](O)[C@H]2O)C(N)=O)NC(=O)[C@H](CC(N)=O)NC(=O)[C@H](CCC(N)=O)NC1=O. The molecule has 0 unspecified atom stereocenters. The number of benzene rings is 1. The standard InChI is InChI=1S/C52H80N14O20/c1-5-23(2)38-48(82)60-27(13-14-34(54)69)44(78)62-29(18-35(55)70)45(79)63-30(19-57-36(71)15-12-26(53)43(77)61-28(46(80)64-38)17-24-8-10-25(68)11-9-24)49(83)66-16-6-7-32(66)47(81)65-52(3,4)51(84)58-20-37(72)59-31(42(56)76)22-85-50-41(75)40(74)39(73)33(21-67)86-50/h8-11,23,26-33,38-41,50,67-68,73-75H,5-7,12-22,53H2,1-4H3,(H2,54,69)(H2,55,70)(H2,56,76)(H,57,71)(H,58,84)(H,59,72)(H,60,82)(H,61,77)(H,62,78)(H,63,79)(H,64,80)(H,65,81)/t23-,26-,27-,28-,29-,30-,31-,32-,33+,38-,39+,40-,41+,50+/m0/s1. The van der Waals surface area contributed by atoms with E-state index in [0.29, 0.717) is 5.56 Å². The first-order chi connectivity index (χ1) is 40.4. The fraction of sp³-hybridized carbons (Fsp3) is 0.635. The van der Waals surface area contributed by atoms with Crippen LogP contribution in [-0.4, -0.2) is 225 Å². The molecule has 0 spiro atoms. The number of carbonyl (C=O) groups is 13. The lowest BCUT2D eigenvalue weighted by molar-refractivity contribution is -0.301. The van der Waals surface area contributed by atoms with Gasteiger partial charge in [0.1, 0.15) is 78.0 Å². The van der Waals surface area contributed by atoms with Gasteiger partial charge in [-0.3, -0.25) is 62.3 Å². The van der Waals surface area contributed by atoms with Gasteiger partial charge >= 0.3 is 0 Å². The number of aromatic hydroxyl groups is 1. The minimum atomic E-state index is -1.92. The van der Waals surface area contributed by atoms with Gasteiger partial charge in [0.15, 0.2) is 6.29 Å². The van der Waals surface area contributed by atoms with E-state index >= 15 is 0 Å². The van der Waals surface area contributed by atoms with Gasteiger partial charge in [0, 0.05) is 32.4 Å². The molecule has 13 amide bonds. The number of rotatable bonds is 21. The van der Waals surface area contributed by atoms with E-state index in [2.05, 4.69) is 47.9 Å². The molecule has 0 aliphatic carbocycles. The number of ether oxygens (including phenoxy) is 2. The summed E-state index contributed by atoms with van der Waals surface area (Å²) in [7, 11) is 0. The highest BCUT2D eigenvalue weighted by atomic mass is 16.7. The molecule has 22 N–H and O–H groups in total. The molecule has 0 aromatic heterocycles. The van der Waals surface area contributed by atoms with Crippen LogP contribution in [0.5, 0.6) is 5.75 Å². The Morgan fingerprint density at radius 1 is 0.814 bits per heavy atom. The lowest BCUT2D eigenvalue weighted by atomic mass is 9.96. The van der Waals surface area contributed by atoms with E-state index in [1.807, 2.05) is 0 Å². The van der Waals surface area contributed by atoms with Gasteiger partial charge in [-0.2, -0.15) is 0 Å². The van der Waals surface area contributed by atoms with Crippen molar-refractivity contribution >= 4 is 76.8 Å². The van der Waals surface area contributed by atoms with Crippen molar-refractivity contribution in [3.63, 3.8) is 0 Å². The molecule has 3 aliphatic heterocycles. The molecule has 4 rings (SSSR count). The molecule has 0 radical (unpaired) electrons. The van der Waals surface area contributed by atoms with Crippen molar-refractivity contribution in [2.24, 2.45) is 28.9 Å². The smallest absolute Gasteiger partial charge is 0.247 e. The molecule has 86 heavy (non-hydrogen) atoms. The van der Waals surface area contributed by atoms with Gasteiger partial charge in [0.2, 0.25) is 76.8 Å². The fourth-order valence-corrected chi connectivity index (χ4v) is 9.17. The Morgan fingerprint density at radius 3 is 2.06 bits per heavy atom. The predicted octanol–water partition coefficient (Wildman–Crippen LogP) is -9.43. The first kappa shape index (κ1) is 70.3. The van der Waals surface area contributed by atoms with Crippen molar-refractivity contribution in [1.29, 1.82) is 0 Å². The topological polar surface area (TPSA) is 557 Å². The Bertz CT molecular complexity index is 2650. The summed E-state index contributed by atoms with van der Waals surface area (Å²) in [6.45, 7) is 2.56. The van der Waals surface area contributed by atoms with Crippen molar-refractivity contribution in [2.45, 2.75) is 170 Å². The van der Waals surface area contributed by atoms with Gasteiger partial charge in [-0.1, -0.05) is 32.4 Å². The van der Waals surface area contributed by atoms with E-state index in [1.54, 1.807) is 13.8 Å². The molecule has 3 heterocycles. The Labute approximate surface area is 493 Å². The second kappa shape index (κ2) is 32.4. The van der Waals surface area contributed by atoms with E-state index in [0.717, 1.165) is 4.90 Å². The van der Waals surface area contributed by atoms with E-state index in [-0.39, 0.29) is 44.4 Å². The average Bonchev–Trinajstić information content (AvgIpc) is 2.13. The summed E-state index contributed by atoms with van der Waals surface area (Å²) >= 11 is 0. The number of hydrogen-bond acceptors (Lipinski definition) is 21. The summed E-state index contributed by atoms with van der Waals surface area (Å²) in [5.74, 6) is -13.8. The number of hydrogen-bond donors (Lipinski definition) is 18. The van der Waals surface area contributed by atoms with Crippen LogP contribution in [0.3, 0.4) is 0 Å². The van der Waals surface area contributed by atoms with Gasteiger partial charge in [-0.15, -0.1) is 0 Å². The van der Waals surface area contributed by atoms with Gasteiger partial charge in [0.25, 0.3) is 0 Å². The monoisotopic (exact) mass is 1220 g/mol. The number of likely N-dealkylation sites (tertiary alicyclic amines) is 1. The van der Waals surface area contributed by atoms with Gasteiger partial charge in [0.05, 0.1) is 32.2 Å². The number of aliphatic hydroxyl groups excluding tert-OH is 4. The maximum absolute atomic E-state index is 14.6. The van der Waals surface area contributed by atoms with E-state index in [9.17, 15) is 87.9 Å². The van der Waals surface area contributed by atoms with Crippen molar-refractivity contribution in [3.05, 3.63) is 29.8 Å². The lowest BCUT2D eigenvalue weighted by Gasteiger charge is -2.39. The van der Waals surface area contributed by atoms with Crippen LogP contribution >= 0.6 is 0 Å². The van der Waals surface area contributed by atoms with Crippen LogP contribution in [0.2, 0.25) is 0 Å². The van der Waals surface area contributed by atoms with Gasteiger partial charge in [-0.25, -0.2) is 0 Å². The van der Waals surface area contributed by atoms with E-state index < -0.39 is 219 Å². The summed E-state index contributed by atoms with van der Waals surface area (Å²) in [5.41, 5.74) is 21.2. The average molecular weight is 1220 g/mol. The molecule has 478 valence electrons. The highest BCUT2D eigenvalue weighted by Gasteiger charge is 2.45. The van der Waals surface area contributed by atoms with Gasteiger partial charge in [-0.05, 0) is 63.1 Å². The summed E-state index contributed by atoms with van der Waals surface area (Å²) < 4.78 is 10.5. The minimum Gasteiger partial charge on any atom is -0.508 e. The molecule has 0 saturated carbocycles. The predicted molar refractivity (Wildman–Crippen MR) is 294 cm³/mol. The highest BCUT2D eigenvalue weighted by molar-refractivity contribution is 6.00. The quantitative estimate of drug-likeness (QED) is 0.0543. The number of carbonyl (C=O) groups excluding carboxylic acids is 13. The van der Waals surface area contributed by atoms with Crippen LogP contribution in [-0.2, 0) is 78.2 Å². The van der Waals surface area contributed by atoms with Crippen LogP contribution in [0.15, 0.2) is 24.3 Å². The summed E-state index contributed by atoms with van der Waals surface area (Å²) in [6.07, 6.45) is -10.9. The molecule has 1 aromatic rings. The number of phenols is 1. The number of phenolic OH excluding ortho intramolecular Hbond substituents is 1. The second-order valence-corrected chi connectivity index (χ2v) is 21.7. The maximum atomic E-state index is 14.6. The molecule has 3 fully saturated rings. The van der Waals surface area contributed by atoms with Gasteiger partial charge < -0.3 is 111 Å². The molecule has 34 heteroatoms. The molecular weight excluding hydrogens is 1140 g/mol. The first-order valence-corrected chi connectivity index (χ1v) is 27.7. The van der Waals surface area contributed by atoms with E-state index in [4.69, 9.17) is 32.4 Å². The number of nitrogens with one attached hydrogen (secondary N) is 9. The molecule has 34 nitrogen and oxygen atoms in total. The highest BCUT2D eigenvalue weighted by Crippen LogP contribution is 2.23. The van der Waals surface area contributed by atoms with Crippen molar-refractivity contribution < 1.29 is 97.3 Å². The van der Waals surface area contributed by atoms with Crippen LogP contribution in [0.25, 0.3) is 0 Å². The van der Waals surface area contributed by atoms with Crippen LogP contribution < -0.4 is 70.8 Å². The molecule has 0 bridgehead atoms. The zero-order valence-electron chi connectivity index (χ0n) is 47.9. The Kier molecular flexibility index (Phi) is 26.5. The summed E-state index contributed by atoms with van der Waals surface area (Å²) in [6, 6.07) is -7.06. The third-order valence-electron chi connectivity index (χ3n) is 14.5. The number of nitrogens with zero attached hydrogens (tertiary/aromatic N) is 1. The fourth-order valence-electron chi connectivity index (χ4n) is 9.17. The zero-order valence-corrected chi connectivity index (χ0v) is 47.9. The Hall–Kier alpha value is -8.15. The van der Waals surface area contributed by atoms with Crippen molar-refractivity contribution in [3.8, 4) is 5.75 Å². The van der Waals surface area contributed by atoms with Crippen molar-refractivity contribution in [1.82, 2.24) is 52.8 Å². The first-order valence-electron chi connectivity index (χ1n) is 27.7. The summed E-state index contributed by atoms with van der Waals surface area (Å²) in [4.78, 5) is 177. The van der Waals surface area contributed by atoms with Crippen molar-refractivity contribution in [2.75, 3.05) is 32.8 Å². The van der Waals surface area contributed by atoms with Crippen LogP contribution in [0.4, 0.5) is 0 Å². The minimum absolute atomic E-state index is 0.0159. The number of amides is 13. The third kappa shape index (κ3) is 20.5. The molecule has 1 aromatic carbocycles. The van der Waals surface area contributed by atoms with Crippen LogP contribution in [0, 0.1) is 5.92 Å². The molecule has 3 aliphatic rings. The molecular formula is C52H80N14O20. The molecule has 14 atom stereocenters. The summed E-state index contributed by atoms with van der Waals surface area (Å²) in [5, 5.41) is 71.4. The largest absolute Gasteiger partial charge is 0.508 e. The van der Waals surface area contributed by atoms with E-state index in [1.165, 1.54) is 38.1 Å². The lowest BCUT2D eigenvalue weighted by Crippen LogP contribution is -2.63. The number of aliphatic hydroxyl groups is 4. The normalized spacial score (nSPS) is 27.4. The molecule has 3 saturated heterocycles. The Morgan fingerprint density at radius 2 is 1.44 bits per heavy atom. The second-order valence-electron chi connectivity index (χ2n) is 21.7. The zero-order chi connectivity index (χ0) is 64.3. The third-order valence-corrected chi connectivity index (χ3v) is 14.5. The number of primary amides is 3. The number of nitrogens with two attached hydrogens (primary N) is 4. The maximum Gasteiger partial charge on any atom is 0.247 e. The van der Waals surface area contributed by atoms with Crippen LogP contribution in [0.1, 0.15) is 84.6 Å².